The number of benzene rings is 1. The monoisotopic (exact) mass is 513 g/mol. The number of ether oxygens (including phenoxy) is 1. The second kappa shape index (κ2) is 8.53. The smallest absolute Gasteiger partial charge is 0.325 e. The Kier molecular flexibility index (Phi) is 6.19. The van der Waals surface area contributed by atoms with Gasteiger partial charge in [0.1, 0.15) is 6.54 Å². The lowest BCUT2D eigenvalue weighted by Crippen LogP contribution is -2.46. The summed E-state index contributed by atoms with van der Waals surface area (Å²) >= 11 is 3.49. The van der Waals surface area contributed by atoms with Crippen molar-refractivity contribution >= 4 is 33.5 Å². The number of esters is 1. The Morgan fingerprint density at radius 3 is 1.88 bits per heavy atom. The Bertz CT molecular complexity index is 1020. The van der Waals surface area contributed by atoms with Crippen LogP contribution >= 0.6 is 15.9 Å². The van der Waals surface area contributed by atoms with Gasteiger partial charge in [0.05, 0.1) is 6.61 Å². The normalized spacial score (nSPS) is 22.3. The van der Waals surface area contributed by atoms with Crippen molar-refractivity contribution < 1.29 is 19.1 Å². The van der Waals surface area contributed by atoms with Gasteiger partial charge in [0.2, 0.25) is 0 Å². The van der Waals surface area contributed by atoms with Gasteiger partial charge in [-0.1, -0.05) is 55.8 Å². The molecule has 0 N–H and O–H groups in total. The third-order valence-corrected chi connectivity index (χ3v) is 7.35. The molecule has 0 radical (unpaired) electrons. The van der Waals surface area contributed by atoms with Crippen LogP contribution in [0, 0.1) is 10.8 Å². The summed E-state index contributed by atoms with van der Waals surface area (Å²) in [6.07, 6.45) is 2.20. The highest BCUT2D eigenvalue weighted by Gasteiger charge is 2.49. The van der Waals surface area contributed by atoms with E-state index in [2.05, 4.69) is 43.6 Å². The number of hydrogen-bond acceptors (Lipinski definition) is 5. The number of Topliss-reactive ketones (excluding diaryl/α,β-unsaturated/α-hetero) is 2. The van der Waals surface area contributed by atoms with Crippen molar-refractivity contribution in [1.82, 2.24) is 4.90 Å². The quantitative estimate of drug-likeness (QED) is 0.483. The fourth-order valence-electron chi connectivity index (χ4n) is 5.56. The highest BCUT2D eigenvalue weighted by Crippen LogP contribution is 2.54. The van der Waals surface area contributed by atoms with E-state index in [0.717, 1.165) is 21.4 Å². The summed E-state index contributed by atoms with van der Waals surface area (Å²) in [6, 6.07) is 7.89. The van der Waals surface area contributed by atoms with Gasteiger partial charge in [-0.25, -0.2) is 0 Å². The number of hydrogen-bond donors (Lipinski definition) is 0. The topological polar surface area (TPSA) is 63.7 Å². The van der Waals surface area contributed by atoms with Gasteiger partial charge in [0.15, 0.2) is 11.6 Å². The Balaban J connectivity index is 1.96. The molecular weight excluding hydrogens is 482 g/mol. The van der Waals surface area contributed by atoms with E-state index in [0.29, 0.717) is 43.4 Å². The molecule has 0 aromatic heterocycles. The van der Waals surface area contributed by atoms with E-state index in [9.17, 15) is 14.4 Å². The first-order valence-corrected chi connectivity index (χ1v) is 12.4. The van der Waals surface area contributed by atoms with E-state index in [1.165, 1.54) is 0 Å². The van der Waals surface area contributed by atoms with Crippen molar-refractivity contribution in [2.75, 3.05) is 13.2 Å². The van der Waals surface area contributed by atoms with Crippen LogP contribution in [0.15, 0.2) is 51.3 Å². The van der Waals surface area contributed by atoms with Crippen molar-refractivity contribution in [3.63, 3.8) is 0 Å². The van der Waals surface area contributed by atoms with Crippen LogP contribution in [0.1, 0.15) is 71.8 Å². The molecule has 0 fully saturated rings. The first-order chi connectivity index (χ1) is 15.4. The molecule has 5 nitrogen and oxygen atoms in total. The highest BCUT2D eigenvalue weighted by molar-refractivity contribution is 9.10. The second-order valence-electron chi connectivity index (χ2n) is 11.0. The molecule has 2 aliphatic carbocycles. The van der Waals surface area contributed by atoms with Gasteiger partial charge < -0.3 is 9.64 Å². The molecule has 4 rings (SSSR count). The summed E-state index contributed by atoms with van der Waals surface area (Å²) < 4.78 is 6.23. The first-order valence-electron chi connectivity index (χ1n) is 11.6. The molecular formula is C27H32BrNO4. The van der Waals surface area contributed by atoms with Crippen molar-refractivity contribution in [1.29, 1.82) is 0 Å². The van der Waals surface area contributed by atoms with E-state index < -0.39 is 5.92 Å². The van der Waals surface area contributed by atoms with Crippen LogP contribution in [0.25, 0.3) is 0 Å². The van der Waals surface area contributed by atoms with Crippen LogP contribution in [0.5, 0.6) is 0 Å². The maximum atomic E-state index is 13.6. The molecule has 1 heterocycles. The standard InChI is InChI=1S/C27H32BrNO4/c1-6-33-22(32)15-29-18-11-26(2,3)13-20(30)24(18)23(16-7-9-17(28)10-8-16)25-19(29)12-27(4,5)14-21(25)31/h7-10,23H,6,11-15H2,1-5H3. The van der Waals surface area contributed by atoms with Crippen LogP contribution in [-0.2, 0) is 19.1 Å². The Morgan fingerprint density at radius 2 is 1.42 bits per heavy atom. The number of carbonyl (C=O) groups excluding carboxylic acids is 3. The number of allylic oxidation sites excluding steroid dienone is 4. The summed E-state index contributed by atoms with van der Waals surface area (Å²) in [5.41, 5.74) is 3.59. The summed E-state index contributed by atoms with van der Waals surface area (Å²) in [6.45, 7) is 10.5. The SMILES string of the molecule is CCOC(=O)CN1C2=C(C(=O)CC(C)(C)C2)C(c2ccc(Br)cc2)C2=C1CC(C)(C)CC2=O. The Labute approximate surface area is 204 Å². The van der Waals surface area contributed by atoms with E-state index in [1.807, 2.05) is 29.2 Å². The Morgan fingerprint density at radius 1 is 0.939 bits per heavy atom. The third kappa shape index (κ3) is 4.59. The van der Waals surface area contributed by atoms with E-state index in [4.69, 9.17) is 4.74 Å². The maximum Gasteiger partial charge on any atom is 0.325 e. The Hall–Kier alpha value is -2.21. The first kappa shape index (κ1) is 23.9. The largest absolute Gasteiger partial charge is 0.465 e. The third-order valence-electron chi connectivity index (χ3n) is 6.82. The summed E-state index contributed by atoms with van der Waals surface area (Å²) in [5, 5.41) is 0. The van der Waals surface area contributed by atoms with Crippen LogP contribution in [-0.4, -0.2) is 35.6 Å². The van der Waals surface area contributed by atoms with Crippen LogP contribution in [0.2, 0.25) is 0 Å². The van der Waals surface area contributed by atoms with Gasteiger partial charge in [-0.3, -0.25) is 14.4 Å². The van der Waals surface area contributed by atoms with Crippen molar-refractivity contribution in [3.8, 4) is 0 Å². The molecule has 0 amide bonds. The van der Waals surface area contributed by atoms with Gasteiger partial charge in [0, 0.05) is 45.8 Å². The summed E-state index contributed by atoms with van der Waals surface area (Å²) in [4.78, 5) is 41.8. The lowest BCUT2D eigenvalue weighted by Gasteiger charge is -2.48. The number of ketones is 2. The molecule has 3 aliphatic rings. The molecule has 1 aromatic carbocycles. The second-order valence-corrected chi connectivity index (χ2v) is 11.9. The van der Waals surface area contributed by atoms with Crippen molar-refractivity contribution in [2.24, 2.45) is 10.8 Å². The van der Waals surface area contributed by atoms with Gasteiger partial charge in [-0.05, 0) is 48.3 Å². The number of carbonyl (C=O) groups is 3. The molecule has 0 spiro atoms. The van der Waals surface area contributed by atoms with Crippen LogP contribution in [0.4, 0.5) is 0 Å². The lowest BCUT2D eigenvalue weighted by atomic mass is 9.63. The zero-order chi connectivity index (χ0) is 24.1. The molecule has 33 heavy (non-hydrogen) atoms. The van der Waals surface area contributed by atoms with Crippen LogP contribution in [0.3, 0.4) is 0 Å². The minimum atomic E-state index is -0.395. The highest BCUT2D eigenvalue weighted by atomic mass is 79.9. The lowest BCUT2D eigenvalue weighted by molar-refractivity contribution is -0.144. The molecule has 176 valence electrons. The van der Waals surface area contributed by atoms with Crippen molar-refractivity contribution in [2.45, 2.75) is 66.2 Å². The average molecular weight is 514 g/mol. The van der Waals surface area contributed by atoms with Gasteiger partial charge >= 0.3 is 5.97 Å². The minimum Gasteiger partial charge on any atom is -0.465 e. The van der Waals surface area contributed by atoms with E-state index in [-0.39, 0.29) is 34.9 Å². The van der Waals surface area contributed by atoms with Gasteiger partial charge in [-0.15, -0.1) is 0 Å². The van der Waals surface area contributed by atoms with Crippen LogP contribution < -0.4 is 0 Å². The molecule has 1 aromatic rings. The molecule has 0 unspecified atom stereocenters. The minimum absolute atomic E-state index is 0.0191. The number of rotatable bonds is 4. The zero-order valence-electron chi connectivity index (χ0n) is 20.1. The number of nitrogens with zero attached hydrogens (tertiary/aromatic N) is 1. The van der Waals surface area contributed by atoms with E-state index in [1.54, 1.807) is 6.92 Å². The van der Waals surface area contributed by atoms with Gasteiger partial charge in [0.25, 0.3) is 0 Å². The number of halogens is 1. The summed E-state index contributed by atoms with van der Waals surface area (Å²) in [7, 11) is 0. The predicted molar refractivity (Wildman–Crippen MR) is 130 cm³/mol. The van der Waals surface area contributed by atoms with E-state index >= 15 is 0 Å². The maximum absolute atomic E-state index is 13.6. The van der Waals surface area contributed by atoms with Gasteiger partial charge in [-0.2, -0.15) is 0 Å². The summed E-state index contributed by atoms with van der Waals surface area (Å²) in [5.74, 6) is -0.613. The molecule has 0 saturated carbocycles. The molecule has 1 aliphatic heterocycles. The average Bonchev–Trinajstić information content (AvgIpc) is 2.68. The molecule has 0 bridgehead atoms. The molecule has 6 heteroatoms. The fourth-order valence-corrected chi connectivity index (χ4v) is 5.83. The zero-order valence-corrected chi connectivity index (χ0v) is 21.7. The van der Waals surface area contributed by atoms with Crippen molar-refractivity contribution in [3.05, 3.63) is 56.8 Å². The molecule has 0 saturated heterocycles. The fraction of sp³-hybridized carbons (Fsp3) is 0.519. The molecule has 0 atom stereocenters. The predicted octanol–water partition coefficient (Wildman–Crippen LogP) is 5.70.